The van der Waals surface area contributed by atoms with Crippen molar-refractivity contribution in [1.82, 2.24) is 10.2 Å². The molecule has 8 nitrogen and oxygen atoms in total. The van der Waals surface area contributed by atoms with Gasteiger partial charge in [-0.3, -0.25) is 14.9 Å². The summed E-state index contributed by atoms with van der Waals surface area (Å²) in [5.74, 6) is -1.62. The predicted octanol–water partition coefficient (Wildman–Crippen LogP) is -0.404. The predicted molar refractivity (Wildman–Crippen MR) is 69.8 cm³/mol. The second-order valence-corrected chi connectivity index (χ2v) is 7.00. The Labute approximate surface area is 117 Å². The molecule has 2 N–H and O–H groups in total. The average molecular weight is 306 g/mol. The fourth-order valence-corrected chi connectivity index (χ4v) is 3.69. The van der Waals surface area contributed by atoms with Crippen LogP contribution in [-0.2, 0) is 19.4 Å². The van der Waals surface area contributed by atoms with Gasteiger partial charge in [0, 0.05) is 25.9 Å². The normalized spacial score (nSPS) is 20.4. The summed E-state index contributed by atoms with van der Waals surface area (Å²) in [7, 11) is -1.66. The number of nitrogens with zero attached hydrogens (tertiary/aromatic N) is 1. The van der Waals surface area contributed by atoms with E-state index in [0.717, 1.165) is 0 Å². The number of urea groups is 1. The third-order valence-electron chi connectivity index (χ3n) is 3.12. The number of carboxylic acids is 1. The van der Waals surface area contributed by atoms with Gasteiger partial charge >= 0.3 is 12.0 Å². The van der Waals surface area contributed by atoms with Crippen LogP contribution in [0.2, 0.25) is 0 Å². The molecule has 1 fully saturated rings. The minimum absolute atomic E-state index is 0.0435. The van der Waals surface area contributed by atoms with Crippen LogP contribution in [0.5, 0.6) is 0 Å². The average Bonchev–Trinajstić information content (AvgIpc) is 2.68. The van der Waals surface area contributed by atoms with Gasteiger partial charge in [-0.2, -0.15) is 0 Å². The van der Waals surface area contributed by atoms with Crippen molar-refractivity contribution in [2.75, 3.05) is 18.6 Å². The van der Waals surface area contributed by atoms with Crippen LogP contribution in [-0.4, -0.2) is 60.9 Å². The maximum Gasteiger partial charge on any atom is 0.324 e. The molecule has 1 aliphatic rings. The standard InChI is InChI=1S/C11H18N2O6S/c1-13(8-5-6-20(18,19)7-8)11(17)12-9(14)3-2-4-10(15)16/h8H,2-7H2,1H3,(H,15,16)(H,12,14,17). The number of hydrogen-bond donors (Lipinski definition) is 2. The van der Waals surface area contributed by atoms with Gasteiger partial charge in [-0.1, -0.05) is 0 Å². The molecule has 0 bridgehead atoms. The van der Waals surface area contributed by atoms with Gasteiger partial charge in [-0.05, 0) is 12.8 Å². The number of nitrogens with one attached hydrogen (secondary N) is 1. The van der Waals surface area contributed by atoms with E-state index >= 15 is 0 Å². The molecule has 0 aromatic rings. The molecule has 1 atom stereocenters. The lowest BCUT2D eigenvalue weighted by molar-refractivity contribution is -0.137. The Hall–Kier alpha value is -1.64. The maximum absolute atomic E-state index is 11.7. The summed E-state index contributed by atoms with van der Waals surface area (Å²) in [6.07, 6.45) is 0.308. The number of carbonyl (C=O) groups excluding carboxylic acids is 2. The Bertz CT molecular complexity index is 501. The Morgan fingerprint density at radius 2 is 1.95 bits per heavy atom. The van der Waals surface area contributed by atoms with E-state index in [2.05, 4.69) is 5.32 Å². The molecule has 1 aliphatic heterocycles. The number of carbonyl (C=O) groups is 3. The number of imide groups is 1. The first-order chi connectivity index (χ1) is 9.21. The number of amides is 3. The SMILES string of the molecule is CN(C(=O)NC(=O)CCCC(=O)O)C1CCS(=O)(=O)C1. The molecule has 1 rings (SSSR count). The van der Waals surface area contributed by atoms with Crippen LogP contribution in [0.15, 0.2) is 0 Å². The molecule has 1 heterocycles. The van der Waals surface area contributed by atoms with E-state index in [-0.39, 0.29) is 30.8 Å². The number of hydrogen-bond acceptors (Lipinski definition) is 5. The molecule has 3 amide bonds. The maximum atomic E-state index is 11.7. The molecule has 0 aliphatic carbocycles. The van der Waals surface area contributed by atoms with Gasteiger partial charge in [-0.15, -0.1) is 0 Å². The van der Waals surface area contributed by atoms with E-state index < -0.39 is 33.8 Å². The van der Waals surface area contributed by atoms with Crippen molar-refractivity contribution in [1.29, 1.82) is 0 Å². The Balaban J connectivity index is 2.38. The van der Waals surface area contributed by atoms with E-state index in [0.29, 0.717) is 6.42 Å². The van der Waals surface area contributed by atoms with Crippen molar-refractivity contribution < 1.29 is 27.9 Å². The lowest BCUT2D eigenvalue weighted by atomic mass is 10.2. The molecule has 9 heteroatoms. The number of sulfone groups is 1. The summed E-state index contributed by atoms with van der Waals surface area (Å²) in [6.45, 7) is 0. The van der Waals surface area contributed by atoms with E-state index in [1.165, 1.54) is 11.9 Å². The van der Waals surface area contributed by atoms with E-state index in [9.17, 15) is 22.8 Å². The zero-order valence-electron chi connectivity index (χ0n) is 11.2. The highest BCUT2D eigenvalue weighted by Gasteiger charge is 2.33. The van der Waals surface area contributed by atoms with Crippen LogP contribution in [0.25, 0.3) is 0 Å². The van der Waals surface area contributed by atoms with Crippen LogP contribution in [0, 0.1) is 0 Å². The molecule has 20 heavy (non-hydrogen) atoms. The number of rotatable bonds is 5. The van der Waals surface area contributed by atoms with Crippen LogP contribution in [0.4, 0.5) is 4.79 Å². The largest absolute Gasteiger partial charge is 0.481 e. The topological polar surface area (TPSA) is 121 Å². The van der Waals surface area contributed by atoms with Crippen molar-refractivity contribution >= 4 is 27.7 Å². The molecule has 0 aromatic heterocycles. The minimum atomic E-state index is -3.10. The first-order valence-corrected chi connectivity index (χ1v) is 8.02. The van der Waals surface area contributed by atoms with Gasteiger partial charge in [0.25, 0.3) is 0 Å². The lowest BCUT2D eigenvalue weighted by Crippen LogP contribution is -2.46. The van der Waals surface area contributed by atoms with Crippen LogP contribution in [0.1, 0.15) is 25.7 Å². The Morgan fingerprint density at radius 3 is 2.45 bits per heavy atom. The van der Waals surface area contributed by atoms with Crippen molar-refractivity contribution in [2.45, 2.75) is 31.7 Å². The van der Waals surface area contributed by atoms with Gasteiger partial charge in [0.05, 0.1) is 11.5 Å². The quantitative estimate of drug-likeness (QED) is 0.712. The summed E-state index contributed by atoms with van der Waals surface area (Å²) >= 11 is 0. The molecule has 0 spiro atoms. The van der Waals surface area contributed by atoms with E-state index in [1.54, 1.807) is 0 Å². The fourth-order valence-electron chi connectivity index (χ4n) is 1.92. The third-order valence-corrected chi connectivity index (χ3v) is 4.87. The van der Waals surface area contributed by atoms with Gasteiger partial charge in [-0.25, -0.2) is 13.2 Å². The molecule has 0 radical (unpaired) electrons. The van der Waals surface area contributed by atoms with Crippen LogP contribution in [0.3, 0.4) is 0 Å². The minimum Gasteiger partial charge on any atom is -0.481 e. The van der Waals surface area contributed by atoms with Crippen LogP contribution < -0.4 is 5.32 Å². The molecule has 0 aromatic carbocycles. The molecule has 0 saturated carbocycles. The second-order valence-electron chi connectivity index (χ2n) is 4.77. The van der Waals surface area contributed by atoms with Crippen molar-refractivity contribution in [3.63, 3.8) is 0 Å². The van der Waals surface area contributed by atoms with Gasteiger partial charge in [0.1, 0.15) is 0 Å². The fraction of sp³-hybridized carbons (Fsp3) is 0.727. The summed E-state index contributed by atoms with van der Waals surface area (Å²) in [5.41, 5.74) is 0. The summed E-state index contributed by atoms with van der Waals surface area (Å²) in [5, 5.41) is 10.5. The van der Waals surface area contributed by atoms with Gasteiger partial charge < -0.3 is 10.0 Å². The molecular formula is C11H18N2O6S. The van der Waals surface area contributed by atoms with Gasteiger partial charge in [0.2, 0.25) is 5.91 Å². The second kappa shape index (κ2) is 6.69. The van der Waals surface area contributed by atoms with Gasteiger partial charge in [0.15, 0.2) is 9.84 Å². The monoisotopic (exact) mass is 306 g/mol. The highest BCUT2D eigenvalue weighted by Crippen LogP contribution is 2.16. The first-order valence-electron chi connectivity index (χ1n) is 6.20. The van der Waals surface area contributed by atoms with Crippen molar-refractivity contribution in [2.24, 2.45) is 0 Å². The molecule has 1 saturated heterocycles. The zero-order valence-corrected chi connectivity index (χ0v) is 12.0. The summed E-state index contributed by atoms with van der Waals surface area (Å²) in [4.78, 5) is 34.6. The van der Waals surface area contributed by atoms with Crippen molar-refractivity contribution in [3.05, 3.63) is 0 Å². The van der Waals surface area contributed by atoms with Crippen LogP contribution >= 0.6 is 0 Å². The molecular weight excluding hydrogens is 288 g/mol. The third kappa shape index (κ3) is 5.16. The smallest absolute Gasteiger partial charge is 0.324 e. The van der Waals surface area contributed by atoms with E-state index in [1.807, 2.05) is 0 Å². The Kier molecular flexibility index (Phi) is 5.49. The van der Waals surface area contributed by atoms with Crippen molar-refractivity contribution in [3.8, 4) is 0 Å². The summed E-state index contributed by atoms with van der Waals surface area (Å²) in [6, 6.07) is -1.08. The summed E-state index contributed by atoms with van der Waals surface area (Å²) < 4.78 is 22.6. The van der Waals surface area contributed by atoms with E-state index in [4.69, 9.17) is 5.11 Å². The number of carboxylic acid groups (broad SMARTS) is 1. The zero-order chi connectivity index (χ0) is 15.3. The highest BCUT2D eigenvalue weighted by atomic mass is 32.2. The molecule has 114 valence electrons. The Morgan fingerprint density at radius 1 is 1.30 bits per heavy atom. The number of aliphatic carboxylic acids is 1. The molecule has 1 unspecified atom stereocenters. The highest BCUT2D eigenvalue weighted by molar-refractivity contribution is 7.91. The first kappa shape index (κ1) is 16.4. The lowest BCUT2D eigenvalue weighted by Gasteiger charge is -2.23.